The molecule has 3 unspecified atom stereocenters. The summed E-state index contributed by atoms with van der Waals surface area (Å²) in [5.74, 6) is 2.19. The summed E-state index contributed by atoms with van der Waals surface area (Å²) in [5, 5.41) is 3.01. The van der Waals surface area contributed by atoms with Crippen LogP contribution in [0.2, 0.25) is 0 Å². The van der Waals surface area contributed by atoms with Gasteiger partial charge in [0.15, 0.2) is 40.7 Å². The molecule has 0 amide bonds. The van der Waals surface area contributed by atoms with E-state index in [2.05, 4.69) is 49.9 Å². The van der Waals surface area contributed by atoms with Gasteiger partial charge in [-0.2, -0.15) is 0 Å². The van der Waals surface area contributed by atoms with Gasteiger partial charge in [-0.1, -0.05) is 84.9 Å². The lowest BCUT2D eigenvalue weighted by atomic mass is 10.2. The maximum atomic E-state index is 13.6. The summed E-state index contributed by atoms with van der Waals surface area (Å²) in [6.07, 6.45) is 7.24. The fourth-order valence-electron chi connectivity index (χ4n) is 7.90. The summed E-state index contributed by atoms with van der Waals surface area (Å²) in [7, 11) is -7.28. The van der Waals surface area contributed by atoms with Gasteiger partial charge in [0.2, 0.25) is 0 Å². The topological polar surface area (TPSA) is 357 Å². The highest BCUT2D eigenvalue weighted by molar-refractivity contribution is 7.85. The number of halogens is 1. The van der Waals surface area contributed by atoms with Gasteiger partial charge in [0, 0.05) is 6.54 Å². The molecule has 10 rings (SSSR count). The molecule has 8 N–H and O–H groups in total. The fourth-order valence-corrected chi connectivity index (χ4v) is 11.7. The van der Waals surface area contributed by atoms with Gasteiger partial charge in [-0.15, -0.1) is 0 Å². The van der Waals surface area contributed by atoms with Gasteiger partial charge < -0.3 is 68.3 Å². The monoisotopic (exact) mass is 1240 g/mol. The molecule has 448 valence electrons. The van der Waals surface area contributed by atoms with E-state index in [1.807, 2.05) is 73.0 Å². The van der Waals surface area contributed by atoms with E-state index >= 15 is 0 Å². The largest absolute Gasteiger partial charge is 0.431 e. The summed E-state index contributed by atoms with van der Waals surface area (Å²) in [6.45, 7) is 4.52. The van der Waals surface area contributed by atoms with Crippen LogP contribution in [-0.2, 0) is 58.9 Å². The van der Waals surface area contributed by atoms with Crippen molar-refractivity contribution in [3.8, 4) is 17.2 Å². The minimum Gasteiger partial charge on any atom is -0.431 e. The number of nitrogen functional groups attached to an aromatic ring is 3. The highest BCUT2D eigenvalue weighted by Crippen LogP contribution is 2.52. The zero-order valence-electron chi connectivity index (χ0n) is 46.5. The van der Waals surface area contributed by atoms with Crippen molar-refractivity contribution in [1.82, 2.24) is 63.6 Å². The van der Waals surface area contributed by atoms with Crippen LogP contribution in [0.25, 0.3) is 33.5 Å². The number of benzene rings is 4. The lowest BCUT2D eigenvalue weighted by molar-refractivity contribution is 0.0772. The van der Waals surface area contributed by atoms with Gasteiger partial charge in [0.25, 0.3) is 0 Å². The van der Waals surface area contributed by atoms with Crippen LogP contribution in [0.5, 0.6) is 17.2 Å². The first-order chi connectivity index (χ1) is 40.9. The molecule has 6 aromatic heterocycles. The number of hydrogen-bond acceptors (Lipinski definition) is 22. The molecule has 10 aromatic rings. The number of anilines is 3. The molecule has 0 aliphatic carbocycles. The van der Waals surface area contributed by atoms with Crippen LogP contribution in [0.4, 0.5) is 17.5 Å². The zero-order valence-corrected chi connectivity index (χ0v) is 49.9. The first-order valence-electron chi connectivity index (χ1n) is 26.3. The first-order valence-corrected chi connectivity index (χ1v) is 32.6. The molecule has 0 fully saturated rings. The third-order valence-electron chi connectivity index (χ3n) is 11.9. The molecule has 0 spiro atoms. The van der Waals surface area contributed by atoms with Crippen molar-refractivity contribution in [3.05, 3.63) is 165 Å². The third-order valence-corrected chi connectivity index (χ3v) is 16.0. The molecule has 27 nitrogen and oxygen atoms in total. The second-order valence-corrected chi connectivity index (χ2v) is 25.8. The SMILES string of the molecule is C[C@H](Cn1cnc2c(N)ncnc21)OCP(=O)(Cl)Oc1ccccc1.C[C@H](Cn1cnc2c(N)ncnc21)OCP(=O)(NCCOCc1ccccc1)Oc1ccccc1.C[C@H](Cn1cnc2c(N)ncnc21)OCP(=O)(O)Oc1ccccc1. The normalized spacial score (nSPS) is 14.6. The van der Waals surface area contributed by atoms with Crippen molar-refractivity contribution in [2.45, 2.75) is 65.3 Å². The highest BCUT2D eigenvalue weighted by atomic mass is 35.7. The summed E-state index contributed by atoms with van der Waals surface area (Å²) in [4.78, 5) is 46.8. The molecule has 85 heavy (non-hydrogen) atoms. The zero-order chi connectivity index (χ0) is 60.2. The number of nitrogens with two attached hydrogens (primary N) is 3. The Morgan fingerprint density at radius 1 is 0.506 bits per heavy atom. The minimum atomic E-state index is -3.91. The van der Waals surface area contributed by atoms with Crippen LogP contribution in [0.15, 0.2) is 159 Å². The first kappa shape index (κ1) is 63.1. The van der Waals surface area contributed by atoms with E-state index in [9.17, 15) is 18.6 Å². The van der Waals surface area contributed by atoms with Crippen molar-refractivity contribution in [2.24, 2.45) is 0 Å². The fraction of sp³-hybridized carbons (Fsp3) is 0.278. The van der Waals surface area contributed by atoms with Crippen molar-refractivity contribution >= 4 is 84.0 Å². The molecule has 4 aromatic carbocycles. The second-order valence-electron chi connectivity index (χ2n) is 18.9. The molecule has 6 heterocycles. The molecule has 0 radical (unpaired) electrons. The summed E-state index contributed by atoms with van der Waals surface area (Å²) < 4.78 is 82.3. The summed E-state index contributed by atoms with van der Waals surface area (Å²) in [6, 6.07) is 36.1. The van der Waals surface area contributed by atoms with Crippen LogP contribution in [-0.4, -0.2) is 114 Å². The average Bonchev–Trinajstić information content (AvgIpc) is 4.02. The maximum Gasteiger partial charge on any atom is 0.402 e. The van der Waals surface area contributed by atoms with Gasteiger partial charge in [-0.3, -0.25) is 9.13 Å². The van der Waals surface area contributed by atoms with E-state index in [0.29, 0.717) is 108 Å². The van der Waals surface area contributed by atoms with Crippen molar-refractivity contribution in [2.75, 3.05) is 49.4 Å². The smallest absolute Gasteiger partial charge is 0.402 e. The van der Waals surface area contributed by atoms with E-state index in [1.54, 1.807) is 102 Å². The van der Waals surface area contributed by atoms with Gasteiger partial charge in [0.05, 0.1) is 70.1 Å². The van der Waals surface area contributed by atoms with Crippen molar-refractivity contribution in [1.29, 1.82) is 0 Å². The van der Waals surface area contributed by atoms with Gasteiger partial charge in [-0.25, -0.2) is 54.5 Å². The van der Waals surface area contributed by atoms with Gasteiger partial charge in [0.1, 0.15) is 65.5 Å². The van der Waals surface area contributed by atoms with Crippen LogP contribution in [0, 0.1) is 0 Å². The number of nitrogens with zero attached hydrogens (tertiary/aromatic N) is 12. The minimum absolute atomic E-state index is 0.120. The molecular weight excluding hydrogens is 1180 g/mol. The molecule has 6 atom stereocenters. The molecule has 0 bridgehead atoms. The predicted octanol–water partition coefficient (Wildman–Crippen LogP) is 9.17. The number of imidazole rings is 3. The molecule has 0 aliphatic rings. The Hall–Kier alpha value is -7.93. The number of para-hydroxylation sites is 3. The summed E-state index contributed by atoms with van der Waals surface area (Å²) in [5.41, 5.74) is 21.8. The predicted molar refractivity (Wildman–Crippen MR) is 322 cm³/mol. The molecule has 0 aliphatic heterocycles. The van der Waals surface area contributed by atoms with E-state index in [0.717, 1.165) is 5.56 Å². The quantitative estimate of drug-likeness (QED) is 0.0236. The Labute approximate surface area is 493 Å². The highest BCUT2D eigenvalue weighted by Gasteiger charge is 2.28. The number of nitrogens with one attached hydrogen (secondary N) is 1. The summed E-state index contributed by atoms with van der Waals surface area (Å²) >= 11 is 5.96. The van der Waals surface area contributed by atoms with Crippen LogP contribution in [0.3, 0.4) is 0 Å². The Bertz CT molecular complexity index is 3690. The number of rotatable bonds is 27. The average molecular weight is 1240 g/mol. The number of fused-ring (bicyclic) bond motifs is 3. The number of ether oxygens (including phenoxy) is 4. The molecule has 31 heteroatoms. The van der Waals surface area contributed by atoms with Crippen LogP contribution < -0.4 is 35.9 Å². The van der Waals surface area contributed by atoms with E-state index in [4.69, 9.17) is 61.0 Å². The number of hydrogen-bond donors (Lipinski definition) is 5. The van der Waals surface area contributed by atoms with E-state index in [-0.39, 0.29) is 31.0 Å². The van der Waals surface area contributed by atoms with E-state index < -0.39 is 28.2 Å². The maximum absolute atomic E-state index is 13.6. The third kappa shape index (κ3) is 19.3. The van der Waals surface area contributed by atoms with Crippen molar-refractivity contribution < 1.29 is 51.1 Å². The molecule has 0 saturated carbocycles. The Morgan fingerprint density at radius 2 is 0.882 bits per heavy atom. The van der Waals surface area contributed by atoms with Gasteiger partial charge >= 0.3 is 21.8 Å². The van der Waals surface area contributed by atoms with Gasteiger partial charge in [-0.05, 0) is 74.0 Å². The standard InChI is InChI=1S/C24H29N6O4P.C15H17ClN5O3P.C15H18N5O4P/c1-19(14-30-17-28-22-23(25)26-16-27-24(22)30)33-18-35(31,34-21-10-6-3-7-11-21)29-12-13-32-15-20-8-4-2-5-9-20;1-11(7-21-9-20-13-14(17)18-8-19-15(13)21)23-10-25(16,22)24-12-5-3-2-4-6-12;1-11(7-20-9-19-13-14(16)17-8-18-15(13)20)23-10-25(21,22)24-12-5-3-2-4-6-12/h2-11,16-17,19H,12-15,18H2,1H3,(H,29,31)(H2,25,26,27);2-6,8-9,11H,7,10H2,1H3,(H2,17,18,19);2-6,8-9,11H,7,10H2,1H3,(H,21,22)(H2,16,17,18)/t19-,35?;11-,25?;11-/m111/s1. The van der Waals surface area contributed by atoms with E-state index in [1.165, 1.54) is 19.0 Å². The lowest BCUT2D eigenvalue weighted by Gasteiger charge is -2.23. The second kappa shape index (κ2) is 30.2. The molecule has 0 saturated heterocycles. The van der Waals surface area contributed by atoms with Crippen LogP contribution >= 0.6 is 33.1 Å². The van der Waals surface area contributed by atoms with Crippen LogP contribution in [0.1, 0.15) is 26.3 Å². The Balaban J connectivity index is 0.000000170. The Morgan fingerprint density at radius 3 is 1.32 bits per heavy atom. The lowest BCUT2D eigenvalue weighted by Crippen LogP contribution is -2.25. The molecular formula is C54H64ClN16O11P3. The Kier molecular flexibility index (Phi) is 22.4. The van der Waals surface area contributed by atoms with Crippen molar-refractivity contribution in [3.63, 3.8) is 0 Å². The number of aromatic nitrogens is 12.